The minimum Gasteiger partial charge on any atom is -0.481 e. The van der Waals surface area contributed by atoms with Crippen LogP contribution in [0.5, 0.6) is 0 Å². The molecule has 228 valence electrons. The molecule has 0 aromatic carbocycles. The van der Waals surface area contributed by atoms with E-state index < -0.39 is 5.97 Å². The van der Waals surface area contributed by atoms with Crippen molar-refractivity contribution >= 4 is 11.8 Å². The molecule has 3 fully saturated rings. The van der Waals surface area contributed by atoms with Gasteiger partial charge in [0.2, 0.25) is 0 Å². The van der Waals surface area contributed by atoms with E-state index in [9.17, 15) is 9.59 Å². The molecule has 1 saturated carbocycles. The molecule has 8 nitrogen and oxygen atoms in total. The van der Waals surface area contributed by atoms with Crippen LogP contribution in [-0.2, 0) is 33.3 Å². The molecule has 0 amide bonds. The van der Waals surface area contributed by atoms with Crippen molar-refractivity contribution in [2.75, 3.05) is 26.9 Å². The van der Waals surface area contributed by atoms with E-state index in [1.165, 1.54) is 0 Å². The Bertz CT molecular complexity index is 784. The first kappa shape index (κ1) is 32.9. The van der Waals surface area contributed by atoms with Crippen LogP contribution in [0.2, 0.25) is 0 Å². The number of hydrogen-bond acceptors (Lipinski definition) is 7. The summed E-state index contributed by atoms with van der Waals surface area (Å²) in [4.78, 5) is 24.0. The van der Waals surface area contributed by atoms with Gasteiger partial charge in [0, 0.05) is 51.6 Å². The van der Waals surface area contributed by atoms with E-state index in [0.29, 0.717) is 38.2 Å². The van der Waals surface area contributed by atoms with Gasteiger partial charge in [0.05, 0.1) is 12.2 Å². The molecule has 0 aromatic rings. The summed E-state index contributed by atoms with van der Waals surface area (Å²) >= 11 is 0. The zero-order chi connectivity index (χ0) is 28.6. The number of carboxylic acids is 1. The van der Waals surface area contributed by atoms with E-state index in [1.807, 2.05) is 12.2 Å². The Hall–Kier alpha value is -1.58. The molecule has 40 heavy (non-hydrogen) atoms. The molecule has 3 aliphatic rings. The normalized spacial score (nSPS) is 29.4. The van der Waals surface area contributed by atoms with Crippen molar-refractivity contribution in [2.45, 2.75) is 122 Å². The van der Waals surface area contributed by atoms with Crippen LogP contribution in [-0.4, -0.2) is 68.6 Å². The number of allylic oxidation sites excluding steroid dienone is 2. The molecule has 3 unspecified atom stereocenters. The number of Topliss-reactive ketones (excluding diaryl/α,β-unsaturated/α-hetero) is 1. The Balaban J connectivity index is 1.71. The summed E-state index contributed by atoms with van der Waals surface area (Å²) in [5.41, 5.74) is 0. The number of methoxy groups -OCH3 is 1. The van der Waals surface area contributed by atoms with Gasteiger partial charge < -0.3 is 28.8 Å². The van der Waals surface area contributed by atoms with E-state index in [2.05, 4.69) is 19.1 Å². The molecule has 2 saturated heterocycles. The van der Waals surface area contributed by atoms with Gasteiger partial charge in [-0.25, -0.2) is 0 Å². The standard InChI is InChI=1S/C32H52O8/c1-24(13-7-10-20-36-2)28(39-31-16-8-11-21-37-31)19-18-26-25(14-5-3-4-6-15-30(34)35)27(33)23-29(26)40-32-17-9-12-22-38-32/h3,5,18-19,24-26,28-29,31-32H,4,6-17,20-23H2,1-2H3,(H,34,35)/b5-3-,19-18+/t24?,25-,26-,28+,29-,31?,32?/m1/s1. The number of hydrogen-bond donors (Lipinski definition) is 1. The van der Waals surface area contributed by atoms with Crippen molar-refractivity contribution in [3.05, 3.63) is 24.3 Å². The van der Waals surface area contributed by atoms with Gasteiger partial charge in [-0.2, -0.15) is 0 Å². The van der Waals surface area contributed by atoms with Crippen LogP contribution < -0.4 is 0 Å². The number of carbonyl (C=O) groups excluding carboxylic acids is 1. The predicted octanol–water partition coefficient (Wildman–Crippen LogP) is 6.23. The van der Waals surface area contributed by atoms with Gasteiger partial charge >= 0.3 is 5.97 Å². The molecule has 1 aliphatic carbocycles. The average Bonchev–Trinajstić information content (AvgIpc) is 3.24. The molecular weight excluding hydrogens is 512 g/mol. The van der Waals surface area contributed by atoms with Crippen molar-refractivity contribution in [2.24, 2.45) is 17.8 Å². The maximum atomic E-state index is 13.2. The maximum Gasteiger partial charge on any atom is 0.303 e. The number of rotatable bonds is 18. The third-order valence-corrected chi connectivity index (χ3v) is 8.28. The minimum absolute atomic E-state index is 0.0687. The Kier molecular flexibility index (Phi) is 15.5. The number of carbonyl (C=O) groups is 2. The average molecular weight is 565 g/mol. The molecular formula is C32H52O8. The molecule has 2 heterocycles. The summed E-state index contributed by atoms with van der Waals surface area (Å²) in [6.45, 7) is 4.42. The monoisotopic (exact) mass is 564 g/mol. The summed E-state index contributed by atoms with van der Waals surface area (Å²) in [6, 6.07) is 0. The number of carboxylic acid groups (broad SMARTS) is 1. The number of ether oxygens (including phenoxy) is 5. The maximum absolute atomic E-state index is 13.2. The van der Waals surface area contributed by atoms with Crippen molar-refractivity contribution in [3.63, 3.8) is 0 Å². The number of aliphatic carboxylic acids is 1. The second-order valence-corrected chi connectivity index (χ2v) is 11.6. The Morgan fingerprint density at radius 3 is 2.48 bits per heavy atom. The first-order valence-corrected chi connectivity index (χ1v) is 15.6. The third kappa shape index (κ3) is 11.7. The molecule has 7 atom stereocenters. The van der Waals surface area contributed by atoms with Gasteiger partial charge in [-0.1, -0.05) is 37.6 Å². The second kappa shape index (κ2) is 18.8. The summed E-state index contributed by atoms with van der Waals surface area (Å²) in [6.07, 6.45) is 19.2. The van der Waals surface area contributed by atoms with Crippen molar-refractivity contribution in [1.82, 2.24) is 0 Å². The minimum atomic E-state index is -0.780. The molecule has 2 aliphatic heterocycles. The third-order valence-electron chi connectivity index (χ3n) is 8.28. The van der Waals surface area contributed by atoms with E-state index in [-0.39, 0.29) is 48.8 Å². The smallest absolute Gasteiger partial charge is 0.303 e. The fourth-order valence-electron chi connectivity index (χ4n) is 5.87. The fourth-order valence-corrected chi connectivity index (χ4v) is 5.87. The summed E-state index contributed by atoms with van der Waals surface area (Å²) in [7, 11) is 1.74. The Morgan fingerprint density at radius 1 is 1.05 bits per heavy atom. The van der Waals surface area contributed by atoms with E-state index in [4.69, 9.17) is 28.8 Å². The number of unbranched alkanes of at least 4 members (excludes halogenated alkanes) is 2. The highest BCUT2D eigenvalue weighted by molar-refractivity contribution is 5.85. The molecule has 0 radical (unpaired) electrons. The number of ketones is 1. The van der Waals surface area contributed by atoms with E-state index in [1.54, 1.807) is 7.11 Å². The van der Waals surface area contributed by atoms with Crippen molar-refractivity contribution < 1.29 is 38.4 Å². The topological polar surface area (TPSA) is 101 Å². The zero-order valence-electron chi connectivity index (χ0n) is 24.7. The lowest BCUT2D eigenvalue weighted by molar-refractivity contribution is -0.193. The first-order valence-electron chi connectivity index (χ1n) is 15.6. The van der Waals surface area contributed by atoms with Gasteiger partial charge in [-0.3, -0.25) is 9.59 Å². The van der Waals surface area contributed by atoms with E-state index in [0.717, 1.165) is 71.0 Å². The molecule has 0 bridgehead atoms. The SMILES string of the molecule is COCCCCC(C)[C@H](/C=C/[C@H]1[C@H](OC2CCCCO2)CC(=O)[C@@H]1C/C=C\CCCC(=O)O)OC1CCCCO1. The zero-order valence-corrected chi connectivity index (χ0v) is 24.7. The first-order chi connectivity index (χ1) is 19.5. The summed E-state index contributed by atoms with van der Waals surface area (Å²) in [5, 5.41) is 8.87. The summed E-state index contributed by atoms with van der Waals surface area (Å²) in [5.74, 6) is -0.515. The van der Waals surface area contributed by atoms with Crippen LogP contribution in [0.1, 0.15) is 96.8 Å². The van der Waals surface area contributed by atoms with Crippen molar-refractivity contribution in [1.29, 1.82) is 0 Å². The van der Waals surface area contributed by atoms with Crippen LogP contribution >= 0.6 is 0 Å². The van der Waals surface area contributed by atoms with E-state index >= 15 is 0 Å². The molecule has 3 rings (SSSR count). The predicted molar refractivity (Wildman–Crippen MR) is 153 cm³/mol. The van der Waals surface area contributed by atoms with Crippen LogP contribution in [0, 0.1) is 17.8 Å². The highest BCUT2D eigenvalue weighted by atomic mass is 16.7. The molecule has 0 aromatic heterocycles. The Morgan fingerprint density at radius 2 is 1.80 bits per heavy atom. The van der Waals surface area contributed by atoms with Crippen molar-refractivity contribution in [3.8, 4) is 0 Å². The lowest BCUT2D eigenvalue weighted by Crippen LogP contribution is -2.32. The van der Waals surface area contributed by atoms with Gasteiger partial charge in [0.1, 0.15) is 5.78 Å². The van der Waals surface area contributed by atoms with Crippen LogP contribution in [0.3, 0.4) is 0 Å². The van der Waals surface area contributed by atoms with Gasteiger partial charge in [-0.05, 0) is 76.5 Å². The highest BCUT2D eigenvalue weighted by Gasteiger charge is 2.42. The Labute approximate surface area is 240 Å². The molecule has 8 heteroatoms. The second-order valence-electron chi connectivity index (χ2n) is 11.6. The summed E-state index contributed by atoms with van der Waals surface area (Å²) < 4.78 is 29.9. The lowest BCUT2D eigenvalue weighted by atomic mass is 9.89. The largest absolute Gasteiger partial charge is 0.481 e. The van der Waals surface area contributed by atoms with Gasteiger partial charge in [0.25, 0.3) is 0 Å². The quantitative estimate of drug-likeness (QED) is 0.155. The van der Waals surface area contributed by atoms with Crippen LogP contribution in [0.15, 0.2) is 24.3 Å². The van der Waals surface area contributed by atoms with Gasteiger partial charge in [-0.15, -0.1) is 0 Å². The lowest BCUT2D eigenvalue weighted by Gasteiger charge is -2.31. The van der Waals surface area contributed by atoms with Crippen LogP contribution in [0.25, 0.3) is 0 Å². The molecule has 0 spiro atoms. The fraction of sp³-hybridized carbons (Fsp3) is 0.812. The highest BCUT2D eigenvalue weighted by Crippen LogP contribution is 2.37. The van der Waals surface area contributed by atoms with Gasteiger partial charge in [0.15, 0.2) is 12.6 Å². The van der Waals surface area contributed by atoms with Crippen LogP contribution in [0.4, 0.5) is 0 Å². The molecule has 1 N–H and O–H groups in total.